The smallest absolute Gasteiger partial charge is 0.163 e. The molecule has 4 heteroatoms. The molecule has 0 spiro atoms. The van der Waals surface area contributed by atoms with Gasteiger partial charge in [0.15, 0.2) is 11.5 Å². The predicted molar refractivity (Wildman–Crippen MR) is 76.2 cm³/mol. The SMILES string of the molecule is Cc1cc2c(cc1N(C)C1CCCC1N)OCCO2. The van der Waals surface area contributed by atoms with Crippen molar-refractivity contribution in [2.24, 2.45) is 5.73 Å². The Morgan fingerprint density at radius 3 is 2.47 bits per heavy atom. The summed E-state index contributed by atoms with van der Waals surface area (Å²) in [4.78, 5) is 2.31. The Hall–Kier alpha value is -1.42. The maximum atomic E-state index is 6.21. The van der Waals surface area contributed by atoms with Crippen molar-refractivity contribution in [2.45, 2.75) is 38.3 Å². The van der Waals surface area contributed by atoms with Crippen molar-refractivity contribution < 1.29 is 9.47 Å². The molecule has 1 aliphatic carbocycles. The van der Waals surface area contributed by atoms with E-state index in [2.05, 4.69) is 31.0 Å². The average Bonchev–Trinajstić information content (AvgIpc) is 2.83. The number of fused-ring (bicyclic) bond motifs is 1. The van der Waals surface area contributed by atoms with Gasteiger partial charge in [-0.1, -0.05) is 0 Å². The maximum absolute atomic E-state index is 6.21. The van der Waals surface area contributed by atoms with Crippen molar-refractivity contribution in [2.75, 3.05) is 25.2 Å². The molecule has 104 valence electrons. The molecule has 0 bridgehead atoms. The summed E-state index contributed by atoms with van der Waals surface area (Å²) in [5.41, 5.74) is 8.62. The number of likely N-dealkylation sites (N-methyl/N-ethyl adjacent to an activating group) is 1. The van der Waals surface area contributed by atoms with Crippen molar-refractivity contribution in [3.05, 3.63) is 17.7 Å². The van der Waals surface area contributed by atoms with Gasteiger partial charge in [0.25, 0.3) is 0 Å². The fourth-order valence-corrected chi connectivity index (χ4v) is 3.19. The van der Waals surface area contributed by atoms with Gasteiger partial charge in [-0.2, -0.15) is 0 Å². The Balaban J connectivity index is 1.91. The second kappa shape index (κ2) is 4.93. The second-order valence-corrected chi connectivity index (χ2v) is 5.56. The molecule has 2 unspecified atom stereocenters. The van der Waals surface area contributed by atoms with E-state index in [9.17, 15) is 0 Å². The van der Waals surface area contributed by atoms with Crippen molar-refractivity contribution in [1.82, 2.24) is 0 Å². The topological polar surface area (TPSA) is 47.7 Å². The second-order valence-electron chi connectivity index (χ2n) is 5.56. The van der Waals surface area contributed by atoms with Gasteiger partial charge in [-0.25, -0.2) is 0 Å². The highest BCUT2D eigenvalue weighted by atomic mass is 16.6. The number of hydrogen-bond acceptors (Lipinski definition) is 4. The van der Waals surface area contributed by atoms with Crippen LogP contribution in [-0.2, 0) is 0 Å². The van der Waals surface area contributed by atoms with Crippen LogP contribution < -0.4 is 20.1 Å². The lowest BCUT2D eigenvalue weighted by Gasteiger charge is -2.32. The molecule has 1 aromatic carbocycles. The third-order valence-electron chi connectivity index (χ3n) is 4.27. The Labute approximate surface area is 114 Å². The Morgan fingerprint density at radius 1 is 1.16 bits per heavy atom. The molecule has 0 radical (unpaired) electrons. The van der Waals surface area contributed by atoms with Crippen LogP contribution in [0.2, 0.25) is 0 Å². The lowest BCUT2D eigenvalue weighted by Crippen LogP contribution is -2.42. The first-order valence-corrected chi connectivity index (χ1v) is 7.05. The summed E-state index contributed by atoms with van der Waals surface area (Å²) in [7, 11) is 2.13. The van der Waals surface area contributed by atoms with Gasteiger partial charge in [-0.3, -0.25) is 0 Å². The van der Waals surface area contributed by atoms with Crippen LogP contribution in [0, 0.1) is 6.92 Å². The average molecular weight is 262 g/mol. The minimum absolute atomic E-state index is 0.276. The molecule has 3 rings (SSSR count). The van der Waals surface area contributed by atoms with Crippen molar-refractivity contribution >= 4 is 5.69 Å². The molecule has 1 aromatic rings. The summed E-state index contributed by atoms with van der Waals surface area (Å²) in [5.74, 6) is 1.71. The summed E-state index contributed by atoms with van der Waals surface area (Å²) in [6.45, 7) is 3.38. The fraction of sp³-hybridized carbons (Fsp3) is 0.600. The van der Waals surface area contributed by atoms with E-state index in [0.29, 0.717) is 19.3 Å². The zero-order valence-electron chi connectivity index (χ0n) is 11.7. The van der Waals surface area contributed by atoms with Gasteiger partial charge in [-0.15, -0.1) is 0 Å². The number of aryl methyl sites for hydroxylation is 1. The van der Waals surface area contributed by atoms with Gasteiger partial charge in [0, 0.05) is 30.9 Å². The third kappa shape index (κ3) is 2.25. The third-order valence-corrected chi connectivity index (χ3v) is 4.27. The van der Waals surface area contributed by atoms with Crippen molar-refractivity contribution in [3.63, 3.8) is 0 Å². The molecule has 2 aliphatic rings. The Kier molecular flexibility index (Phi) is 3.27. The van der Waals surface area contributed by atoms with E-state index in [0.717, 1.165) is 17.9 Å². The molecule has 1 fully saturated rings. The summed E-state index contributed by atoms with van der Waals surface area (Å²) in [6.07, 6.45) is 3.52. The molecule has 1 saturated carbocycles. The van der Waals surface area contributed by atoms with Crippen LogP contribution in [0.25, 0.3) is 0 Å². The lowest BCUT2D eigenvalue weighted by atomic mass is 10.1. The molecule has 0 amide bonds. The van der Waals surface area contributed by atoms with Gasteiger partial charge < -0.3 is 20.1 Å². The maximum Gasteiger partial charge on any atom is 0.163 e. The Morgan fingerprint density at radius 2 is 1.84 bits per heavy atom. The first-order chi connectivity index (χ1) is 9.16. The van der Waals surface area contributed by atoms with Crippen LogP contribution in [-0.4, -0.2) is 32.3 Å². The minimum Gasteiger partial charge on any atom is -0.486 e. The quantitative estimate of drug-likeness (QED) is 0.886. The number of anilines is 1. The van der Waals surface area contributed by atoms with E-state index in [4.69, 9.17) is 15.2 Å². The van der Waals surface area contributed by atoms with Crippen LogP contribution in [0.15, 0.2) is 12.1 Å². The van der Waals surface area contributed by atoms with Gasteiger partial charge in [0.1, 0.15) is 13.2 Å². The summed E-state index contributed by atoms with van der Waals surface area (Å²) >= 11 is 0. The molecule has 0 saturated heterocycles. The van der Waals surface area contributed by atoms with E-state index in [1.807, 2.05) is 0 Å². The monoisotopic (exact) mass is 262 g/mol. The molecule has 19 heavy (non-hydrogen) atoms. The van der Waals surface area contributed by atoms with E-state index in [1.165, 1.54) is 24.1 Å². The Bertz CT molecular complexity index is 475. The number of nitrogens with two attached hydrogens (primary N) is 1. The number of rotatable bonds is 2. The van der Waals surface area contributed by atoms with Gasteiger partial charge in [0.2, 0.25) is 0 Å². The lowest BCUT2D eigenvalue weighted by molar-refractivity contribution is 0.171. The minimum atomic E-state index is 0.276. The number of ether oxygens (including phenoxy) is 2. The molecule has 1 heterocycles. The van der Waals surface area contributed by atoms with Gasteiger partial charge in [0.05, 0.1) is 0 Å². The zero-order valence-corrected chi connectivity index (χ0v) is 11.7. The van der Waals surface area contributed by atoms with Gasteiger partial charge in [-0.05, 0) is 37.8 Å². The zero-order chi connectivity index (χ0) is 13.4. The number of benzene rings is 1. The fourth-order valence-electron chi connectivity index (χ4n) is 3.19. The van der Waals surface area contributed by atoms with Crippen LogP contribution in [0.5, 0.6) is 11.5 Å². The predicted octanol–water partition coefficient (Wildman–Crippen LogP) is 2.08. The molecule has 2 atom stereocenters. The summed E-state index contributed by atoms with van der Waals surface area (Å²) in [5, 5.41) is 0. The van der Waals surface area contributed by atoms with E-state index in [1.54, 1.807) is 0 Å². The normalized spacial score (nSPS) is 25.4. The highest BCUT2D eigenvalue weighted by Gasteiger charge is 2.29. The van der Waals surface area contributed by atoms with Crippen LogP contribution in [0.3, 0.4) is 0 Å². The summed E-state index contributed by atoms with van der Waals surface area (Å²) in [6, 6.07) is 4.87. The molecule has 4 nitrogen and oxygen atoms in total. The summed E-state index contributed by atoms with van der Waals surface area (Å²) < 4.78 is 11.3. The number of nitrogens with zero attached hydrogens (tertiary/aromatic N) is 1. The highest BCUT2D eigenvalue weighted by Crippen LogP contribution is 2.38. The number of hydrogen-bond donors (Lipinski definition) is 1. The largest absolute Gasteiger partial charge is 0.486 e. The molecular formula is C15H22N2O2. The van der Waals surface area contributed by atoms with E-state index in [-0.39, 0.29) is 6.04 Å². The van der Waals surface area contributed by atoms with Crippen LogP contribution in [0.4, 0.5) is 5.69 Å². The highest BCUT2D eigenvalue weighted by molar-refractivity contribution is 5.62. The molecular weight excluding hydrogens is 240 g/mol. The van der Waals surface area contributed by atoms with Gasteiger partial charge >= 0.3 is 0 Å². The molecule has 0 aromatic heterocycles. The molecule has 1 aliphatic heterocycles. The van der Waals surface area contributed by atoms with Crippen LogP contribution >= 0.6 is 0 Å². The van der Waals surface area contributed by atoms with Crippen molar-refractivity contribution in [3.8, 4) is 11.5 Å². The van der Waals surface area contributed by atoms with Crippen molar-refractivity contribution in [1.29, 1.82) is 0 Å². The van der Waals surface area contributed by atoms with E-state index >= 15 is 0 Å². The van der Waals surface area contributed by atoms with E-state index < -0.39 is 0 Å². The first-order valence-electron chi connectivity index (χ1n) is 7.05. The standard InChI is InChI=1S/C15H22N2O2/c1-10-8-14-15(19-7-6-18-14)9-13(10)17(2)12-5-3-4-11(12)16/h8-9,11-12H,3-7,16H2,1-2H3. The molecule has 2 N–H and O–H groups in total. The first kappa shape index (κ1) is 12.6. The van der Waals surface area contributed by atoms with Crippen LogP contribution in [0.1, 0.15) is 24.8 Å².